The largest absolute Gasteiger partial charge is 0.381 e. The molecular formula is C11H22O2. The van der Waals surface area contributed by atoms with Crippen LogP contribution in [0.15, 0.2) is 0 Å². The number of carbonyl (C=O) groups excluding carboxylic acids is 1. The second kappa shape index (κ2) is 6.14. The summed E-state index contributed by atoms with van der Waals surface area (Å²) in [4.78, 5) is 10.6. The Morgan fingerprint density at radius 1 is 1.23 bits per heavy atom. The summed E-state index contributed by atoms with van der Waals surface area (Å²) in [5.41, 5.74) is 0.348. The molecule has 0 atom stereocenters. The predicted molar refractivity (Wildman–Crippen MR) is 54.8 cm³/mol. The fraction of sp³-hybridized carbons (Fsp3) is 0.909. The van der Waals surface area contributed by atoms with E-state index in [0.717, 1.165) is 26.1 Å². The van der Waals surface area contributed by atoms with Crippen LogP contribution < -0.4 is 0 Å². The number of hydrogen-bond acceptors (Lipinski definition) is 2. The molecule has 0 fully saturated rings. The third-order valence-corrected chi connectivity index (χ3v) is 1.81. The van der Waals surface area contributed by atoms with Crippen LogP contribution in [0, 0.1) is 5.41 Å². The van der Waals surface area contributed by atoms with Gasteiger partial charge < -0.3 is 9.53 Å². The maximum Gasteiger partial charge on any atom is 0.129 e. The molecule has 0 unspecified atom stereocenters. The highest BCUT2D eigenvalue weighted by Crippen LogP contribution is 2.17. The van der Waals surface area contributed by atoms with Crippen LogP contribution >= 0.6 is 0 Å². The van der Waals surface area contributed by atoms with Gasteiger partial charge in [-0.25, -0.2) is 0 Å². The third kappa shape index (κ3) is 11.6. The van der Waals surface area contributed by atoms with Crippen molar-refractivity contribution in [3.63, 3.8) is 0 Å². The minimum absolute atomic E-state index is 0.249. The number of Topliss-reactive ketones (excluding diaryl/α,β-unsaturated/α-hetero) is 1. The Balaban J connectivity index is 3.13. The van der Waals surface area contributed by atoms with E-state index in [2.05, 4.69) is 20.8 Å². The smallest absolute Gasteiger partial charge is 0.129 e. The summed E-state index contributed by atoms with van der Waals surface area (Å²) in [6.07, 6.45) is 2.59. The van der Waals surface area contributed by atoms with Crippen molar-refractivity contribution in [3.05, 3.63) is 0 Å². The zero-order valence-corrected chi connectivity index (χ0v) is 9.35. The topological polar surface area (TPSA) is 26.3 Å². The normalized spacial score (nSPS) is 11.7. The van der Waals surface area contributed by atoms with Crippen LogP contribution in [0.25, 0.3) is 0 Å². The van der Waals surface area contributed by atoms with Gasteiger partial charge in [0.1, 0.15) is 5.78 Å². The Bertz CT molecular complexity index is 145. The minimum atomic E-state index is 0.249. The molecule has 0 bridgehead atoms. The van der Waals surface area contributed by atoms with E-state index in [-0.39, 0.29) is 5.78 Å². The Morgan fingerprint density at radius 2 is 1.85 bits per heavy atom. The molecule has 0 heterocycles. The van der Waals surface area contributed by atoms with Crippen molar-refractivity contribution >= 4 is 5.78 Å². The first kappa shape index (κ1) is 12.6. The number of carbonyl (C=O) groups is 1. The summed E-state index contributed by atoms with van der Waals surface area (Å²) in [5, 5.41) is 0. The monoisotopic (exact) mass is 186 g/mol. The molecule has 0 N–H and O–H groups in total. The Hall–Kier alpha value is -0.370. The van der Waals surface area contributed by atoms with Gasteiger partial charge in [-0.1, -0.05) is 20.8 Å². The molecule has 0 saturated carbocycles. The summed E-state index contributed by atoms with van der Waals surface area (Å²) in [6.45, 7) is 9.75. The van der Waals surface area contributed by atoms with Crippen molar-refractivity contribution in [1.82, 2.24) is 0 Å². The van der Waals surface area contributed by atoms with E-state index in [9.17, 15) is 4.79 Å². The standard InChI is InChI=1S/C11H22O2/c1-10(12)6-5-8-13-9-7-11(2,3)4/h5-9H2,1-4H3. The van der Waals surface area contributed by atoms with E-state index in [1.165, 1.54) is 0 Å². The SMILES string of the molecule is CC(=O)CCCOCCC(C)(C)C. The number of rotatable bonds is 6. The van der Waals surface area contributed by atoms with Gasteiger partial charge in [-0.2, -0.15) is 0 Å². The first-order chi connectivity index (χ1) is 5.92. The van der Waals surface area contributed by atoms with Crippen molar-refractivity contribution in [2.24, 2.45) is 5.41 Å². The average Bonchev–Trinajstić information content (AvgIpc) is 1.93. The molecular weight excluding hydrogens is 164 g/mol. The van der Waals surface area contributed by atoms with Crippen molar-refractivity contribution in [1.29, 1.82) is 0 Å². The van der Waals surface area contributed by atoms with Gasteiger partial charge in [-0.05, 0) is 25.2 Å². The quantitative estimate of drug-likeness (QED) is 0.596. The molecule has 0 aliphatic carbocycles. The molecule has 0 aliphatic heterocycles. The zero-order valence-electron chi connectivity index (χ0n) is 9.35. The van der Waals surface area contributed by atoms with Crippen LogP contribution in [-0.4, -0.2) is 19.0 Å². The maximum atomic E-state index is 10.6. The van der Waals surface area contributed by atoms with E-state index in [1.807, 2.05) is 0 Å². The Labute approximate surface area is 81.7 Å². The van der Waals surface area contributed by atoms with Crippen molar-refractivity contribution in [2.45, 2.75) is 47.0 Å². The van der Waals surface area contributed by atoms with Gasteiger partial charge in [0.05, 0.1) is 0 Å². The third-order valence-electron chi connectivity index (χ3n) is 1.81. The molecule has 0 radical (unpaired) electrons. The molecule has 2 heteroatoms. The highest BCUT2D eigenvalue weighted by Gasteiger charge is 2.08. The lowest BCUT2D eigenvalue weighted by Gasteiger charge is -2.17. The molecule has 0 aromatic heterocycles. The van der Waals surface area contributed by atoms with Gasteiger partial charge in [-0.3, -0.25) is 0 Å². The summed E-state index contributed by atoms with van der Waals surface area (Å²) in [7, 11) is 0. The first-order valence-electron chi connectivity index (χ1n) is 4.99. The average molecular weight is 186 g/mol. The zero-order chi connectivity index (χ0) is 10.3. The van der Waals surface area contributed by atoms with Crippen molar-refractivity contribution in [2.75, 3.05) is 13.2 Å². The summed E-state index contributed by atoms with van der Waals surface area (Å²) >= 11 is 0. The van der Waals surface area contributed by atoms with E-state index in [0.29, 0.717) is 11.8 Å². The van der Waals surface area contributed by atoms with Gasteiger partial charge >= 0.3 is 0 Å². The van der Waals surface area contributed by atoms with Gasteiger partial charge in [0.2, 0.25) is 0 Å². The number of hydrogen-bond donors (Lipinski definition) is 0. The molecule has 0 spiro atoms. The van der Waals surface area contributed by atoms with Crippen LogP contribution in [0.1, 0.15) is 47.0 Å². The number of ketones is 1. The van der Waals surface area contributed by atoms with E-state index in [1.54, 1.807) is 6.92 Å². The maximum absolute atomic E-state index is 10.6. The van der Waals surface area contributed by atoms with Crippen LogP contribution in [0.3, 0.4) is 0 Å². The summed E-state index contributed by atoms with van der Waals surface area (Å²) < 4.78 is 5.41. The fourth-order valence-electron chi connectivity index (χ4n) is 0.904. The van der Waals surface area contributed by atoms with Gasteiger partial charge in [0.15, 0.2) is 0 Å². The van der Waals surface area contributed by atoms with Gasteiger partial charge in [0, 0.05) is 19.6 Å². The molecule has 2 nitrogen and oxygen atoms in total. The molecule has 0 amide bonds. The van der Waals surface area contributed by atoms with Gasteiger partial charge in [-0.15, -0.1) is 0 Å². The lowest BCUT2D eigenvalue weighted by Crippen LogP contribution is -2.10. The van der Waals surface area contributed by atoms with Crippen LogP contribution in [0.4, 0.5) is 0 Å². The second-order valence-electron chi connectivity index (χ2n) is 4.73. The fourth-order valence-corrected chi connectivity index (χ4v) is 0.904. The van der Waals surface area contributed by atoms with E-state index >= 15 is 0 Å². The van der Waals surface area contributed by atoms with Crippen LogP contribution in [0.2, 0.25) is 0 Å². The highest BCUT2D eigenvalue weighted by atomic mass is 16.5. The molecule has 0 saturated heterocycles. The number of ether oxygens (including phenoxy) is 1. The Kier molecular flexibility index (Phi) is 5.97. The molecule has 0 aromatic rings. The van der Waals surface area contributed by atoms with Crippen LogP contribution in [0.5, 0.6) is 0 Å². The lowest BCUT2D eigenvalue weighted by molar-refractivity contribution is -0.117. The molecule has 13 heavy (non-hydrogen) atoms. The summed E-state index contributed by atoms with van der Waals surface area (Å²) in [5.74, 6) is 0.249. The Morgan fingerprint density at radius 3 is 2.31 bits per heavy atom. The summed E-state index contributed by atoms with van der Waals surface area (Å²) in [6, 6.07) is 0. The highest BCUT2D eigenvalue weighted by molar-refractivity contribution is 5.75. The van der Waals surface area contributed by atoms with E-state index < -0.39 is 0 Å². The second-order valence-corrected chi connectivity index (χ2v) is 4.73. The van der Waals surface area contributed by atoms with Crippen molar-refractivity contribution in [3.8, 4) is 0 Å². The van der Waals surface area contributed by atoms with Crippen molar-refractivity contribution < 1.29 is 9.53 Å². The minimum Gasteiger partial charge on any atom is -0.381 e. The molecule has 0 rings (SSSR count). The van der Waals surface area contributed by atoms with Gasteiger partial charge in [0.25, 0.3) is 0 Å². The van der Waals surface area contributed by atoms with Crippen LogP contribution in [-0.2, 0) is 9.53 Å². The first-order valence-corrected chi connectivity index (χ1v) is 4.99. The molecule has 0 aromatic carbocycles. The molecule has 78 valence electrons. The predicted octanol–water partition coefficient (Wildman–Crippen LogP) is 2.81. The van der Waals surface area contributed by atoms with E-state index in [4.69, 9.17) is 4.74 Å². The lowest BCUT2D eigenvalue weighted by atomic mass is 9.93. The molecule has 0 aliphatic rings.